The lowest BCUT2D eigenvalue weighted by atomic mass is 10.3. The molecule has 0 aromatic carbocycles. The average Bonchev–Trinajstić information content (AvgIpc) is 1.83. The number of hydrogen-bond acceptors (Lipinski definition) is 2. The zero-order valence-electron chi connectivity index (χ0n) is 5.26. The van der Waals surface area contributed by atoms with Crippen molar-refractivity contribution >= 4 is 6.21 Å². The van der Waals surface area contributed by atoms with Crippen LogP contribution in [0.1, 0.15) is 20.3 Å². The predicted octanol–water partition coefficient (Wildman–Crippen LogP) is 1.38. The first kappa shape index (κ1) is 7.16. The third-order valence-electron chi connectivity index (χ3n) is 0.978. The Kier molecular flexibility index (Phi) is 3.87. The molecule has 1 unspecified atom stereocenters. The summed E-state index contributed by atoms with van der Waals surface area (Å²) in [4.78, 5) is 3.88. The molecule has 2 heteroatoms. The average molecular weight is 110 g/mol. The van der Waals surface area contributed by atoms with Gasteiger partial charge in [0.25, 0.3) is 0 Å². The van der Waals surface area contributed by atoms with Crippen LogP contribution in [0.4, 0.5) is 0 Å². The van der Waals surface area contributed by atoms with Crippen LogP contribution in [0.25, 0.3) is 0 Å². The highest BCUT2D eigenvalue weighted by molar-refractivity contribution is 5.74. The molecule has 0 fully saturated rings. The fourth-order valence-electron chi connectivity index (χ4n) is 0.266. The summed E-state index contributed by atoms with van der Waals surface area (Å²) in [6, 6.07) is 2.14. The van der Waals surface area contributed by atoms with Crippen molar-refractivity contribution < 1.29 is 0 Å². The Morgan fingerprint density at radius 3 is 2.88 bits per heavy atom. The van der Waals surface area contributed by atoms with E-state index in [-0.39, 0.29) is 0 Å². The molecular weight excluding hydrogens is 100 g/mol. The van der Waals surface area contributed by atoms with E-state index in [1.807, 2.05) is 19.9 Å². The fraction of sp³-hybridized carbons (Fsp3) is 0.667. The minimum Gasteiger partial charge on any atom is -0.279 e. The molecule has 0 aromatic heterocycles. The van der Waals surface area contributed by atoms with Gasteiger partial charge >= 0.3 is 0 Å². The van der Waals surface area contributed by atoms with E-state index in [1.54, 1.807) is 0 Å². The molecular formula is C6H10N2. The number of rotatable bonds is 2. The summed E-state index contributed by atoms with van der Waals surface area (Å²) in [5.41, 5.74) is 0. The minimum absolute atomic E-state index is 0.301. The van der Waals surface area contributed by atoms with Crippen LogP contribution in [0.3, 0.4) is 0 Å². The second-order valence-corrected chi connectivity index (χ2v) is 1.66. The smallest absolute Gasteiger partial charge is 0.111 e. The van der Waals surface area contributed by atoms with Crippen molar-refractivity contribution in [1.29, 1.82) is 5.26 Å². The van der Waals surface area contributed by atoms with Crippen LogP contribution in [0, 0.1) is 11.3 Å². The third-order valence-corrected chi connectivity index (χ3v) is 0.978. The highest BCUT2D eigenvalue weighted by Crippen LogP contribution is 1.91. The summed E-state index contributed by atoms with van der Waals surface area (Å²) >= 11 is 0. The highest BCUT2D eigenvalue weighted by atomic mass is 14.7. The Labute approximate surface area is 49.9 Å². The van der Waals surface area contributed by atoms with Gasteiger partial charge in [0.2, 0.25) is 0 Å². The van der Waals surface area contributed by atoms with E-state index in [1.165, 1.54) is 6.21 Å². The Morgan fingerprint density at radius 2 is 2.50 bits per heavy atom. The molecule has 2 nitrogen and oxygen atoms in total. The molecule has 0 bridgehead atoms. The molecule has 0 aliphatic carbocycles. The predicted molar refractivity (Wildman–Crippen MR) is 33.9 cm³/mol. The lowest BCUT2D eigenvalue weighted by molar-refractivity contribution is 0.721. The van der Waals surface area contributed by atoms with Gasteiger partial charge in [0.1, 0.15) is 6.07 Å². The van der Waals surface area contributed by atoms with E-state index in [0.29, 0.717) is 6.04 Å². The van der Waals surface area contributed by atoms with Gasteiger partial charge in [-0.1, -0.05) is 6.92 Å². The maximum atomic E-state index is 8.01. The van der Waals surface area contributed by atoms with E-state index in [2.05, 4.69) is 4.99 Å². The number of nitrogens with zero attached hydrogens (tertiary/aromatic N) is 2. The second kappa shape index (κ2) is 4.32. The summed E-state index contributed by atoms with van der Waals surface area (Å²) in [5, 5.41) is 8.01. The number of nitriles is 1. The quantitative estimate of drug-likeness (QED) is 0.494. The van der Waals surface area contributed by atoms with Gasteiger partial charge < -0.3 is 0 Å². The first-order valence-electron chi connectivity index (χ1n) is 2.72. The summed E-state index contributed by atoms with van der Waals surface area (Å²) in [6.07, 6.45) is 2.28. The molecule has 0 amide bonds. The van der Waals surface area contributed by atoms with Crippen LogP contribution in [-0.2, 0) is 0 Å². The Hall–Kier alpha value is -0.840. The summed E-state index contributed by atoms with van der Waals surface area (Å²) in [6.45, 7) is 4.02. The van der Waals surface area contributed by atoms with E-state index < -0.39 is 0 Å². The zero-order chi connectivity index (χ0) is 6.41. The Morgan fingerprint density at radius 1 is 1.88 bits per heavy atom. The van der Waals surface area contributed by atoms with Crippen LogP contribution in [0.15, 0.2) is 4.99 Å². The molecule has 0 aromatic rings. The van der Waals surface area contributed by atoms with Gasteiger partial charge in [-0.2, -0.15) is 5.26 Å². The highest BCUT2D eigenvalue weighted by Gasteiger charge is 1.88. The molecule has 0 N–H and O–H groups in total. The van der Waals surface area contributed by atoms with Gasteiger partial charge in [-0.15, -0.1) is 0 Å². The molecule has 8 heavy (non-hydrogen) atoms. The Bertz CT molecular complexity index is 110. The minimum atomic E-state index is 0.301. The van der Waals surface area contributed by atoms with E-state index in [4.69, 9.17) is 5.26 Å². The molecule has 0 saturated heterocycles. The van der Waals surface area contributed by atoms with E-state index in [0.717, 1.165) is 6.42 Å². The lowest BCUT2D eigenvalue weighted by Crippen LogP contribution is -1.92. The van der Waals surface area contributed by atoms with Crippen LogP contribution in [0.5, 0.6) is 0 Å². The van der Waals surface area contributed by atoms with Crippen LogP contribution < -0.4 is 0 Å². The van der Waals surface area contributed by atoms with Crippen molar-refractivity contribution in [3.05, 3.63) is 0 Å². The lowest BCUT2D eigenvalue weighted by Gasteiger charge is -1.95. The monoisotopic (exact) mass is 110 g/mol. The molecule has 0 radical (unpaired) electrons. The van der Waals surface area contributed by atoms with Gasteiger partial charge in [-0.05, 0) is 13.3 Å². The normalized spacial score (nSPS) is 13.6. The topological polar surface area (TPSA) is 36.1 Å². The largest absolute Gasteiger partial charge is 0.279 e. The second-order valence-electron chi connectivity index (χ2n) is 1.66. The number of aliphatic imine (C=N–C) groups is 1. The van der Waals surface area contributed by atoms with Crippen molar-refractivity contribution in [2.45, 2.75) is 26.3 Å². The summed E-state index contributed by atoms with van der Waals surface area (Å²) in [5.74, 6) is 0. The third kappa shape index (κ3) is 3.35. The molecule has 0 aliphatic rings. The number of hydrogen-bond donors (Lipinski definition) is 0. The van der Waals surface area contributed by atoms with Gasteiger partial charge in [0.15, 0.2) is 0 Å². The van der Waals surface area contributed by atoms with Gasteiger partial charge in [0, 0.05) is 6.04 Å². The maximum Gasteiger partial charge on any atom is 0.111 e. The molecule has 1 atom stereocenters. The standard InChI is InChI=1S/C6H10N2/c1-3-6(2)8-5-4-7/h5-6H,3H2,1-2H3. The van der Waals surface area contributed by atoms with Crippen molar-refractivity contribution in [3.63, 3.8) is 0 Å². The molecule has 0 aliphatic heterocycles. The van der Waals surface area contributed by atoms with Crippen LogP contribution >= 0.6 is 0 Å². The van der Waals surface area contributed by atoms with Crippen LogP contribution in [-0.4, -0.2) is 12.3 Å². The molecule has 0 rings (SSSR count). The van der Waals surface area contributed by atoms with E-state index >= 15 is 0 Å². The van der Waals surface area contributed by atoms with Crippen molar-refractivity contribution in [2.24, 2.45) is 4.99 Å². The first-order valence-corrected chi connectivity index (χ1v) is 2.72. The summed E-state index contributed by atoms with van der Waals surface area (Å²) in [7, 11) is 0. The van der Waals surface area contributed by atoms with Gasteiger partial charge in [-0.3, -0.25) is 4.99 Å². The first-order chi connectivity index (χ1) is 3.81. The van der Waals surface area contributed by atoms with Crippen LogP contribution in [0.2, 0.25) is 0 Å². The SMILES string of the molecule is CCC(C)N=CC#N. The molecule has 0 saturated carbocycles. The van der Waals surface area contributed by atoms with E-state index in [9.17, 15) is 0 Å². The van der Waals surface area contributed by atoms with Crippen molar-refractivity contribution in [2.75, 3.05) is 0 Å². The zero-order valence-corrected chi connectivity index (χ0v) is 5.26. The van der Waals surface area contributed by atoms with Gasteiger partial charge in [0.05, 0.1) is 6.21 Å². The van der Waals surface area contributed by atoms with Crippen molar-refractivity contribution in [1.82, 2.24) is 0 Å². The Balaban J connectivity index is 3.40. The fourth-order valence-corrected chi connectivity index (χ4v) is 0.266. The maximum absolute atomic E-state index is 8.01. The summed E-state index contributed by atoms with van der Waals surface area (Å²) < 4.78 is 0. The molecule has 0 spiro atoms. The van der Waals surface area contributed by atoms with Crippen molar-refractivity contribution in [3.8, 4) is 6.07 Å². The van der Waals surface area contributed by atoms with Gasteiger partial charge in [-0.25, -0.2) is 0 Å². The molecule has 44 valence electrons. The molecule has 0 heterocycles.